The lowest BCUT2D eigenvalue weighted by Gasteiger charge is -2.48. The molecule has 0 aromatic heterocycles. The first-order valence-corrected chi connectivity index (χ1v) is 18.1. The first-order valence-electron chi connectivity index (χ1n) is 17.5. The molecule has 0 saturated carbocycles. The average molecular weight is 771 g/mol. The van der Waals surface area contributed by atoms with Crippen LogP contribution in [0.15, 0.2) is 48.5 Å². The molecule has 5 rings (SSSR count). The number of piperazine rings is 3. The number of esters is 2. The average Bonchev–Trinajstić information content (AvgIpc) is 3.08. The van der Waals surface area contributed by atoms with Gasteiger partial charge in [0, 0.05) is 12.8 Å². The van der Waals surface area contributed by atoms with Gasteiger partial charge in [-0.1, -0.05) is 53.6 Å². The van der Waals surface area contributed by atoms with Gasteiger partial charge in [0.2, 0.25) is 0 Å². The highest BCUT2D eigenvalue weighted by Crippen LogP contribution is 2.27. The van der Waals surface area contributed by atoms with Crippen molar-refractivity contribution < 1.29 is 56.2 Å². The zero-order chi connectivity index (χ0) is 40.0. The molecule has 296 valence electrons. The fourth-order valence-electron chi connectivity index (χ4n) is 5.41. The molecule has 2 N–H and O–H groups in total. The van der Waals surface area contributed by atoms with Crippen LogP contribution in [0.4, 0.5) is 18.5 Å². The van der Waals surface area contributed by atoms with Crippen LogP contribution >= 0.6 is 11.6 Å². The van der Waals surface area contributed by atoms with E-state index in [-0.39, 0.29) is 16.9 Å². The largest absolute Gasteiger partial charge is 0.467 e. The molecule has 2 aromatic rings. The van der Waals surface area contributed by atoms with Crippen LogP contribution in [0.1, 0.15) is 58.2 Å². The highest BCUT2D eigenvalue weighted by molar-refractivity contribution is 6.17. The van der Waals surface area contributed by atoms with E-state index in [9.17, 15) is 28.0 Å². The lowest BCUT2D eigenvalue weighted by molar-refractivity contribution is -1.15. The van der Waals surface area contributed by atoms with Crippen molar-refractivity contribution in [3.8, 4) is 0 Å². The highest BCUT2D eigenvalue weighted by atomic mass is 35.5. The zero-order valence-electron chi connectivity index (χ0n) is 32.4. The molecule has 15 heteroatoms. The van der Waals surface area contributed by atoms with Crippen molar-refractivity contribution >= 4 is 35.7 Å². The van der Waals surface area contributed by atoms with Gasteiger partial charge in [-0.3, -0.25) is 4.48 Å². The van der Waals surface area contributed by atoms with Crippen LogP contribution in [-0.4, -0.2) is 116 Å². The summed E-state index contributed by atoms with van der Waals surface area (Å²) in [5, 5.41) is 5.01. The van der Waals surface area contributed by atoms with Gasteiger partial charge in [-0.2, -0.15) is 0 Å². The number of rotatable bonds is 9. The maximum Gasteiger partial charge on any atom is 0.408 e. The number of quaternary nitrogens is 2. The molecule has 3 aliphatic rings. The molecular formula is C38H57ClF2N4O8+2. The number of nitrogens with one attached hydrogen (secondary N) is 2. The molecule has 2 aromatic carbocycles. The molecule has 0 radical (unpaired) electrons. The van der Waals surface area contributed by atoms with Crippen LogP contribution in [0.3, 0.4) is 0 Å². The number of nitrogens with zero attached hydrogens (tertiary/aromatic N) is 2. The standard InChI is InChI=1S/C16H23NO4.C15H20FNO4.C7H14ClFN2/c1-11-6-8-12(9-7-11)10-13(14(18)20-5)17-15(19)21-16(2,3)4;1-15(2,3)21-14(19)17-12(13(18)20-4)9-10-5-7-11(16)8-6-10;8-7-10-1-4-11(9,5-2-10)6-3-10/h6-9,13H,10H2,1-5H3,(H,17,19);5-8,12H,9H2,1-4H3,(H,17,19);1-7H2/q;;+2/t13-;12-;/m00./s1. The maximum atomic E-state index is 13.5. The summed E-state index contributed by atoms with van der Waals surface area (Å²) >= 11 is 5.85. The number of aryl methyl sites for hydroxylation is 1. The number of hydrogen-bond donors (Lipinski definition) is 2. The number of benzene rings is 2. The first-order chi connectivity index (χ1) is 24.6. The number of halogens is 3. The summed E-state index contributed by atoms with van der Waals surface area (Å²) in [4.78, 5) is 47.0. The van der Waals surface area contributed by atoms with Crippen molar-refractivity contribution in [2.45, 2.75) is 84.6 Å². The van der Waals surface area contributed by atoms with Gasteiger partial charge >= 0.3 is 24.1 Å². The van der Waals surface area contributed by atoms with Gasteiger partial charge in [-0.15, -0.1) is 4.71 Å². The fraction of sp³-hybridized carbons (Fsp3) is 0.579. The minimum absolute atomic E-state index is 0.187. The Bertz CT molecular complexity index is 1380. The lowest BCUT2D eigenvalue weighted by Crippen LogP contribution is -2.71. The Balaban J connectivity index is 0.000000288. The van der Waals surface area contributed by atoms with E-state index in [4.69, 9.17) is 25.8 Å². The zero-order valence-corrected chi connectivity index (χ0v) is 33.2. The quantitative estimate of drug-likeness (QED) is 0.0823. The molecule has 3 aliphatic heterocycles. The minimum Gasteiger partial charge on any atom is -0.467 e. The molecule has 53 heavy (non-hydrogen) atoms. The van der Waals surface area contributed by atoms with E-state index in [0.29, 0.717) is 37.6 Å². The normalized spacial score (nSPS) is 20.2. The fourth-order valence-corrected chi connectivity index (χ4v) is 5.77. The number of carbonyl (C=O) groups excluding carboxylic acids is 4. The Hall–Kier alpha value is -4.01. The number of alkyl halides is 1. The minimum atomic E-state index is -0.893. The highest BCUT2D eigenvalue weighted by Gasteiger charge is 2.50. The number of carbonyl (C=O) groups is 4. The summed E-state index contributed by atoms with van der Waals surface area (Å²) in [6, 6.07) is 12.4. The van der Waals surface area contributed by atoms with Gasteiger partial charge in [-0.05, 0) is 76.2 Å². The van der Waals surface area contributed by atoms with Gasteiger partial charge in [0.05, 0.1) is 14.2 Å². The lowest BCUT2D eigenvalue weighted by atomic mass is 10.0. The predicted octanol–water partition coefficient (Wildman–Crippen LogP) is 5.77. The van der Waals surface area contributed by atoms with E-state index in [1.165, 1.54) is 26.4 Å². The summed E-state index contributed by atoms with van der Waals surface area (Å²) in [6.07, 6.45) is -0.802. The van der Waals surface area contributed by atoms with Crippen LogP contribution < -0.4 is 10.6 Å². The third kappa shape index (κ3) is 16.7. The number of amides is 2. The van der Waals surface area contributed by atoms with Crippen molar-refractivity contribution in [3.63, 3.8) is 0 Å². The second-order valence-corrected chi connectivity index (χ2v) is 15.5. The van der Waals surface area contributed by atoms with Crippen LogP contribution in [0.2, 0.25) is 0 Å². The van der Waals surface area contributed by atoms with Gasteiger partial charge in [0.25, 0.3) is 0 Å². The molecule has 0 spiro atoms. The summed E-state index contributed by atoms with van der Waals surface area (Å²) in [5.74, 6) is -1.46. The van der Waals surface area contributed by atoms with E-state index < -0.39 is 47.4 Å². The Morgan fingerprint density at radius 2 is 1.06 bits per heavy atom. The van der Waals surface area contributed by atoms with E-state index in [0.717, 1.165) is 35.2 Å². The van der Waals surface area contributed by atoms with Crippen molar-refractivity contribution in [3.05, 3.63) is 71.0 Å². The summed E-state index contributed by atoms with van der Waals surface area (Å²) < 4.78 is 46.8. The van der Waals surface area contributed by atoms with Gasteiger partial charge < -0.3 is 29.6 Å². The monoisotopic (exact) mass is 770 g/mol. The van der Waals surface area contributed by atoms with Crippen LogP contribution in [0.25, 0.3) is 0 Å². The Morgan fingerprint density at radius 3 is 1.38 bits per heavy atom. The van der Waals surface area contributed by atoms with Crippen LogP contribution in [-0.2, 0) is 41.4 Å². The van der Waals surface area contributed by atoms with Crippen molar-refractivity contribution in [1.82, 2.24) is 10.6 Å². The molecule has 2 bridgehead atoms. The number of alkyl carbamates (subject to hydrolysis) is 2. The third-order valence-electron chi connectivity index (χ3n) is 8.45. The van der Waals surface area contributed by atoms with Crippen LogP contribution in [0, 0.1) is 12.7 Å². The first kappa shape index (κ1) is 45.1. The number of ether oxygens (including phenoxy) is 4. The number of fused-ring (bicyclic) bond motifs is 3. The van der Waals surface area contributed by atoms with Crippen molar-refractivity contribution in [2.75, 3.05) is 59.5 Å². The second-order valence-electron chi connectivity index (χ2n) is 15.3. The molecular weight excluding hydrogens is 714 g/mol. The molecule has 3 saturated heterocycles. The number of hydrogen-bond acceptors (Lipinski definition) is 8. The molecule has 0 aliphatic carbocycles. The van der Waals surface area contributed by atoms with Crippen LogP contribution in [0.5, 0.6) is 0 Å². The molecule has 2 atom stereocenters. The molecule has 12 nitrogen and oxygen atoms in total. The van der Waals surface area contributed by atoms with E-state index in [2.05, 4.69) is 15.4 Å². The Kier molecular flexibility index (Phi) is 16.9. The van der Waals surface area contributed by atoms with Gasteiger partial charge in [0.1, 0.15) is 48.7 Å². The van der Waals surface area contributed by atoms with E-state index in [1.54, 1.807) is 53.7 Å². The Labute approximate surface area is 317 Å². The smallest absolute Gasteiger partial charge is 0.408 e. The van der Waals surface area contributed by atoms with Gasteiger partial charge in [-0.25, -0.2) is 23.6 Å². The topological polar surface area (TPSA) is 129 Å². The van der Waals surface area contributed by atoms with Crippen molar-refractivity contribution in [2.24, 2.45) is 0 Å². The third-order valence-corrected chi connectivity index (χ3v) is 8.95. The molecule has 2 amide bonds. The molecule has 3 heterocycles. The maximum absolute atomic E-state index is 13.5. The predicted molar refractivity (Wildman–Crippen MR) is 197 cm³/mol. The molecule has 0 unspecified atom stereocenters. The van der Waals surface area contributed by atoms with Gasteiger partial charge in [0.15, 0.2) is 25.6 Å². The van der Waals surface area contributed by atoms with E-state index >= 15 is 0 Å². The summed E-state index contributed by atoms with van der Waals surface area (Å²) in [6.45, 7) is 17.3. The Morgan fingerprint density at radius 1 is 0.698 bits per heavy atom. The molecule has 3 fully saturated rings. The summed E-state index contributed by atoms with van der Waals surface area (Å²) in [5.41, 5.74) is 1.48. The second kappa shape index (κ2) is 19.9. The number of methoxy groups -OCH3 is 2. The SMILES string of the molecule is COC(=O)[C@H](Cc1ccc(C)cc1)NC(=O)OC(C)(C)C.COC(=O)[C@H](Cc1ccc(F)cc1)NC(=O)OC(C)(C)C.F[N+]12CC[N+](CCl)(CC1)CC2. The summed E-state index contributed by atoms with van der Waals surface area (Å²) in [7, 11) is 2.53. The van der Waals surface area contributed by atoms with E-state index in [1.807, 2.05) is 31.2 Å². The van der Waals surface area contributed by atoms with Crippen molar-refractivity contribution in [1.29, 1.82) is 0 Å².